The number of fused-ring (bicyclic) bond motifs is 1. The first-order valence-corrected chi connectivity index (χ1v) is 14.7. The van der Waals surface area contributed by atoms with Gasteiger partial charge in [0, 0.05) is 47.0 Å². The summed E-state index contributed by atoms with van der Waals surface area (Å²) in [6, 6.07) is 25.6. The van der Waals surface area contributed by atoms with E-state index in [9.17, 15) is 8.42 Å². The van der Waals surface area contributed by atoms with E-state index in [2.05, 4.69) is 15.6 Å². The molecule has 5 rings (SSSR count). The zero-order valence-corrected chi connectivity index (χ0v) is 22.1. The maximum atomic E-state index is 11.5. The van der Waals surface area contributed by atoms with Gasteiger partial charge in [-0.1, -0.05) is 30.3 Å². The third-order valence-corrected chi connectivity index (χ3v) is 8.08. The highest BCUT2D eigenvalue weighted by molar-refractivity contribution is 7.91. The van der Waals surface area contributed by atoms with Crippen LogP contribution in [-0.4, -0.2) is 36.6 Å². The number of benzene rings is 3. The van der Waals surface area contributed by atoms with Crippen molar-refractivity contribution < 1.29 is 13.2 Å². The van der Waals surface area contributed by atoms with Crippen LogP contribution in [0, 0.1) is 0 Å². The number of rotatable bonds is 11. The second kappa shape index (κ2) is 11.7. The number of sulfone groups is 1. The Morgan fingerprint density at radius 1 is 0.947 bits per heavy atom. The van der Waals surface area contributed by atoms with Crippen LogP contribution >= 0.6 is 11.3 Å². The van der Waals surface area contributed by atoms with Crippen LogP contribution in [0.4, 0.5) is 11.4 Å². The van der Waals surface area contributed by atoms with Gasteiger partial charge in [-0.05, 0) is 48.5 Å². The van der Waals surface area contributed by atoms with E-state index in [1.54, 1.807) is 17.5 Å². The molecule has 5 aromatic rings. The second-order valence-electron chi connectivity index (χ2n) is 8.59. The van der Waals surface area contributed by atoms with E-state index in [4.69, 9.17) is 15.5 Å². The Labute approximate surface area is 225 Å². The van der Waals surface area contributed by atoms with Crippen LogP contribution in [0.25, 0.3) is 21.5 Å². The van der Waals surface area contributed by atoms with Crippen molar-refractivity contribution in [3.05, 3.63) is 96.1 Å². The third-order valence-electron chi connectivity index (χ3n) is 5.80. The van der Waals surface area contributed by atoms with E-state index in [0.717, 1.165) is 50.0 Å². The van der Waals surface area contributed by atoms with Gasteiger partial charge in [0.2, 0.25) is 0 Å². The molecule has 0 aliphatic rings. The summed E-state index contributed by atoms with van der Waals surface area (Å²) in [4.78, 5) is 9.26. The lowest BCUT2D eigenvalue weighted by Gasteiger charge is -2.11. The lowest BCUT2D eigenvalue weighted by Crippen LogP contribution is -2.26. The van der Waals surface area contributed by atoms with Gasteiger partial charge >= 0.3 is 0 Å². The number of hydrogen-bond donors (Lipinski definition) is 3. The van der Waals surface area contributed by atoms with Gasteiger partial charge in [-0.3, -0.25) is 4.98 Å². The Bertz CT molecular complexity index is 1620. The predicted octanol–water partition coefficient (Wildman–Crippen LogP) is 5.31. The number of anilines is 2. The molecular weight excluding hydrogens is 518 g/mol. The molecule has 0 aliphatic heterocycles. The lowest BCUT2D eigenvalue weighted by atomic mass is 10.1. The van der Waals surface area contributed by atoms with E-state index >= 15 is 0 Å². The molecule has 0 bridgehead atoms. The van der Waals surface area contributed by atoms with Crippen LogP contribution < -0.4 is 21.1 Å². The first kappa shape index (κ1) is 25.8. The van der Waals surface area contributed by atoms with E-state index in [1.165, 1.54) is 0 Å². The summed E-state index contributed by atoms with van der Waals surface area (Å²) in [7, 11) is -3.19. The summed E-state index contributed by atoms with van der Waals surface area (Å²) >= 11 is 1.54. The van der Waals surface area contributed by atoms with E-state index in [1.807, 2.05) is 84.2 Å². The maximum absolute atomic E-state index is 11.5. The van der Waals surface area contributed by atoms with Crippen molar-refractivity contribution in [2.24, 2.45) is 5.73 Å². The lowest BCUT2D eigenvalue weighted by molar-refractivity contribution is 0.483. The average Bonchev–Trinajstić information content (AvgIpc) is 3.42. The average molecular weight is 546 g/mol. The van der Waals surface area contributed by atoms with Crippen LogP contribution in [0.2, 0.25) is 0 Å². The van der Waals surface area contributed by atoms with Gasteiger partial charge in [-0.25, -0.2) is 13.4 Å². The molecule has 194 valence electrons. The molecule has 0 spiro atoms. The minimum absolute atomic E-state index is 0.0127. The van der Waals surface area contributed by atoms with Crippen LogP contribution in [0.3, 0.4) is 0 Å². The van der Waals surface area contributed by atoms with Gasteiger partial charge in [0.1, 0.15) is 16.5 Å². The smallest absolute Gasteiger partial charge is 0.164 e. The predicted molar refractivity (Wildman–Crippen MR) is 154 cm³/mol. The first-order valence-electron chi connectivity index (χ1n) is 12.0. The largest absolute Gasteiger partial charge is 0.457 e. The fourth-order valence-corrected chi connectivity index (χ4v) is 5.26. The molecule has 38 heavy (non-hydrogen) atoms. The van der Waals surface area contributed by atoms with Gasteiger partial charge in [0.25, 0.3) is 0 Å². The quantitative estimate of drug-likeness (QED) is 0.191. The Morgan fingerprint density at radius 2 is 1.74 bits per heavy atom. The number of thiazole rings is 1. The van der Waals surface area contributed by atoms with Crippen molar-refractivity contribution in [3.63, 3.8) is 0 Å². The Hall–Kier alpha value is -3.83. The summed E-state index contributed by atoms with van der Waals surface area (Å²) in [5, 5.41) is 10.4. The highest BCUT2D eigenvalue weighted by atomic mass is 32.2. The fraction of sp³-hybridized carbons (Fsp3) is 0.143. The topological polar surface area (TPSA) is 119 Å². The monoisotopic (exact) mass is 545 g/mol. The van der Waals surface area contributed by atoms with Gasteiger partial charge in [-0.2, -0.15) is 0 Å². The van der Waals surface area contributed by atoms with Crippen molar-refractivity contribution in [2.45, 2.75) is 6.54 Å². The summed E-state index contributed by atoms with van der Waals surface area (Å²) < 4.78 is 28.9. The van der Waals surface area contributed by atoms with Crippen molar-refractivity contribution in [3.8, 4) is 22.1 Å². The maximum Gasteiger partial charge on any atom is 0.164 e. The minimum Gasteiger partial charge on any atom is -0.457 e. The zero-order valence-electron chi connectivity index (χ0n) is 20.5. The number of nitrogens with zero attached hydrogens (tertiary/aromatic N) is 2. The standard InChI is InChI=1S/C28H27N5O3S2/c29-19-38(34,35)15-14-30-17-22-18-37-28(33-22)20-6-11-25-26(12-13-31-27(25)16-20)32-21-7-9-24(10-8-21)36-23-4-2-1-3-5-23/h1-13,16,18,30H,14-15,17,19,29H2,(H,31,32). The van der Waals surface area contributed by atoms with Crippen LogP contribution in [0.15, 0.2) is 90.4 Å². The molecule has 2 aromatic heterocycles. The summed E-state index contributed by atoms with van der Waals surface area (Å²) in [5.41, 5.74) is 9.84. The molecule has 0 saturated carbocycles. The zero-order chi connectivity index (χ0) is 26.4. The number of ether oxygens (including phenoxy) is 1. The van der Waals surface area contributed by atoms with Gasteiger partial charge in [0.05, 0.1) is 22.8 Å². The van der Waals surface area contributed by atoms with E-state index in [-0.39, 0.29) is 11.6 Å². The third kappa shape index (κ3) is 6.53. The van der Waals surface area contributed by atoms with E-state index in [0.29, 0.717) is 13.1 Å². The highest BCUT2D eigenvalue weighted by Crippen LogP contribution is 2.31. The fourth-order valence-electron chi connectivity index (χ4n) is 3.82. The molecule has 8 nitrogen and oxygen atoms in total. The summed E-state index contributed by atoms with van der Waals surface area (Å²) in [6.07, 6.45) is 1.79. The Kier molecular flexibility index (Phi) is 7.94. The highest BCUT2D eigenvalue weighted by Gasteiger charge is 2.10. The van der Waals surface area contributed by atoms with Crippen LogP contribution in [-0.2, 0) is 16.4 Å². The molecule has 0 aliphatic carbocycles. The van der Waals surface area contributed by atoms with Gasteiger partial charge in [0.15, 0.2) is 9.84 Å². The van der Waals surface area contributed by atoms with Crippen LogP contribution in [0.1, 0.15) is 5.69 Å². The normalized spacial score (nSPS) is 11.5. The second-order valence-corrected chi connectivity index (χ2v) is 11.7. The van der Waals surface area contributed by atoms with E-state index < -0.39 is 9.84 Å². The molecule has 0 atom stereocenters. The molecule has 4 N–H and O–H groups in total. The molecule has 0 unspecified atom stereocenters. The van der Waals surface area contributed by atoms with Crippen molar-refractivity contribution in [1.29, 1.82) is 0 Å². The number of nitrogens with two attached hydrogens (primary N) is 1. The molecule has 0 radical (unpaired) electrons. The number of pyridine rings is 1. The van der Waals surface area contributed by atoms with Gasteiger partial charge < -0.3 is 21.1 Å². The van der Waals surface area contributed by atoms with Crippen molar-refractivity contribution in [1.82, 2.24) is 15.3 Å². The SMILES string of the molecule is NCS(=O)(=O)CCNCc1csc(-c2ccc3c(Nc4ccc(Oc5ccccc5)cc4)ccnc3c2)n1. The molecule has 0 saturated heterocycles. The molecule has 0 amide bonds. The first-order chi connectivity index (χ1) is 18.5. The summed E-state index contributed by atoms with van der Waals surface area (Å²) in [6.45, 7) is 0.830. The molecule has 10 heteroatoms. The van der Waals surface area contributed by atoms with Gasteiger partial charge in [-0.15, -0.1) is 11.3 Å². The Morgan fingerprint density at radius 3 is 2.53 bits per heavy atom. The van der Waals surface area contributed by atoms with Crippen molar-refractivity contribution >= 4 is 43.5 Å². The molecular formula is C28H27N5O3S2. The number of para-hydroxylation sites is 1. The Balaban J connectivity index is 1.25. The number of aromatic nitrogens is 2. The van der Waals surface area contributed by atoms with Crippen LogP contribution in [0.5, 0.6) is 11.5 Å². The number of hydrogen-bond acceptors (Lipinski definition) is 9. The van der Waals surface area contributed by atoms with Crippen molar-refractivity contribution in [2.75, 3.05) is 23.5 Å². The minimum atomic E-state index is -3.19. The molecule has 2 heterocycles. The molecule has 0 fully saturated rings. The summed E-state index contributed by atoms with van der Waals surface area (Å²) in [5.74, 6) is 1.24. The number of nitrogens with one attached hydrogen (secondary N) is 2. The molecule has 3 aromatic carbocycles.